The molecule has 7 heteroatoms. The van der Waals surface area contributed by atoms with Gasteiger partial charge < -0.3 is 4.90 Å². The maximum absolute atomic E-state index is 13.1. The Balaban J connectivity index is 2.24. The summed E-state index contributed by atoms with van der Waals surface area (Å²) in [7, 11) is 0.319. The van der Waals surface area contributed by atoms with Crippen LogP contribution in [0, 0.1) is 11.3 Å². The van der Waals surface area contributed by atoms with E-state index in [1.165, 1.54) is 12.1 Å². The van der Waals surface area contributed by atoms with Gasteiger partial charge in [0.25, 0.3) is 0 Å². The molecule has 0 aromatic heterocycles. The summed E-state index contributed by atoms with van der Waals surface area (Å²) < 4.78 is 27.9. The minimum atomic E-state index is -3.57. The Morgan fingerprint density at radius 2 is 1.92 bits per heavy atom. The van der Waals surface area contributed by atoms with Crippen molar-refractivity contribution in [1.82, 2.24) is 14.1 Å². The molecule has 1 saturated heterocycles. The second-order valence-electron chi connectivity index (χ2n) is 6.73. The molecule has 0 saturated carbocycles. The average molecular weight is 365 g/mol. The lowest BCUT2D eigenvalue weighted by Crippen LogP contribution is -2.45. The molecular weight excluding hydrogens is 336 g/mol. The van der Waals surface area contributed by atoms with Crippen molar-refractivity contribution < 1.29 is 8.42 Å². The molecule has 1 fully saturated rings. The summed E-state index contributed by atoms with van der Waals surface area (Å²) in [6.07, 6.45) is 2.16. The van der Waals surface area contributed by atoms with E-state index in [0.717, 1.165) is 25.9 Å². The number of hydrogen-bond donors (Lipinski definition) is 0. The topological polar surface area (TPSA) is 67.7 Å². The van der Waals surface area contributed by atoms with Crippen molar-refractivity contribution in [3.8, 4) is 6.07 Å². The molecule has 1 aliphatic rings. The lowest BCUT2D eigenvalue weighted by atomic mass is 10.2. The summed E-state index contributed by atoms with van der Waals surface area (Å²) in [6.45, 7) is 5.77. The highest BCUT2D eigenvalue weighted by atomic mass is 32.2. The number of nitrogens with zero attached hydrogens (tertiary/aromatic N) is 4. The summed E-state index contributed by atoms with van der Waals surface area (Å²) in [4.78, 5) is 4.61. The lowest BCUT2D eigenvalue weighted by molar-refractivity contribution is 0.220. The van der Waals surface area contributed by atoms with E-state index >= 15 is 0 Å². The first-order chi connectivity index (χ1) is 11.9. The van der Waals surface area contributed by atoms with Crippen molar-refractivity contribution in [3.05, 3.63) is 29.8 Å². The third-order valence-corrected chi connectivity index (χ3v) is 6.62. The van der Waals surface area contributed by atoms with Crippen LogP contribution in [-0.2, 0) is 10.0 Å². The van der Waals surface area contributed by atoms with E-state index < -0.39 is 10.0 Å². The van der Waals surface area contributed by atoms with Gasteiger partial charge in [0.1, 0.15) is 0 Å². The number of likely N-dealkylation sites (N-methyl/N-ethyl adjacent to an activating group) is 2. The van der Waals surface area contributed by atoms with Crippen molar-refractivity contribution >= 4 is 10.0 Å². The van der Waals surface area contributed by atoms with Crippen molar-refractivity contribution in [2.45, 2.75) is 30.7 Å². The van der Waals surface area contributed by atoms with Crippen LogP contribution in [-0.4, -0.2) is 75.4 Å². The number of rotatable bonds is 8. The average Bonchev–Trinajstić information content (AvgIpc) is 3.05. The Labute approximate surface area is 151 Å². The molecule has 0 N–H and O–H groups in total. The molecule has 1 aromatic rings. The standard InChI is InChI=1S/C18H28N4O2S/c1-4-21-11-5-6-17(21)15-22(13-12-20(2)3)25(23,24)18-9-7-16(14-19)8-10-18/h7-10,17H,4-6,11-13,15H2,1-3H3. The molecule has 1 unspecified atom stereocenters. The van der Waals surface area contributed by atoms with Crippen LogP contribution in [0.25, 0.3) is 0 Å². The summed E-state index contributed by atoms with van der Waals surface area (Å²) in [5, 5.41) is 8.91. The Bertz CT molecular complexity index is 695. The maximum Gasteiger partial charge on any atom is 0.243 e. The van der Waals surface area contributed by atoms with E-state index in [-0.39, 0.29) is 10.9 Å². The summed E-state index contributed by atoms with van der Waals surface area (Å²) in [6, 6.07) is 8.49. The van der Waals surface area contributed by atoms with Gasteiger partial charge in [-0.25, -0.2) is 8.42 Å². The van der Waals surface area contributed by atoms with Crippen LogP contribution in [0.4, 0.5) is 0 Å². The van der Waals surface area contributed by atoms with E-state index in [2.05, 4.69) is 11.8 Å². The zero-order valence-corrected chi connectivity index (χ0v) is 16.2. The minimum absolute atomic E-state index is 0.256. The van der Waals surface area contributed by atoms with E-state index in [0.29, 0.717) is 25.2 Å². The highest BCUT2D eigenvalue weighted by Gasteiger charge is 2.31. The van der Waals surface area contributed by atoms with Gasteiger partial charge in [-0.2, -0.15) is 9.57 Å². The second-order valence-corrected chi connectivity index (χ2v) is 8.67. The van der Waals surface area contributed by atoms with E-state index in [1.54, 1.807) is 16.4 Å². The molecule has 1 aliphatic heterocycles. The molecule has 1 aromatic carbocycles. The number of hydrogen-bond acceptors (Lipinski definition) is 5. The molecule has 6 nitrogen and oxygen atoms in total. The van der Waals surface area contributed by atoms with Crippen LogP contribution in [0.1, 0.15) is 25.3 Å². The van der Waals surface area contributed by atoms with Crippen LogP contribution in [0.2, 0.25) is 0 Å². The van der Waals surface area contributed by atoms with E-state index in [9.17, 15) is 8.42 Å². The number of likely N-dealkylation sites (tertiary alicyclic amines) is 1. The zero-order valence-electron chi connectivity index (χ0n) is 15.4. The fourth-order valence-electron chi connectivity index (χ4n) is 3.22. The van der Waals surface area contributed by atoms with Crippen LogP contribution in [0.5, 0.6) is 0 Å². The molecule has 25 heavy (non-hydrogen) atoms. The first-order valence-corrected chi connectivity index (χ1v) is 10.2. The smallest absolute Gasteiger partial charge is 0.243 e. The highest BCUT2D eigenvalue weighted by Crippen LogP contribution is 2.22. The van der Waals surface area contributed by atoms with Gasteiger partial charge in [-0.1, -0.05) is 6.92 Å². The van der Waals surface area contributed by atoms with Gasteiger partial charge in [-0.3, -0.25) is 4.90 Å². The third-order valence-electron chi connectivity index (χ3n) is 4.74. The monoisotopic (exact) mass is 364 g/mol. The van der Waals surface area contributed by atoms with Gasteiger partial charge in [-0.05, 0) is 64.3 Å². The van der Waals surface area contributed by atoms with Gasteiger partial charge in [0.15, 0.2) is 0 Å². The molecule has 1 atom stereocenters. The maximum atomic E-state index is 13.1. The molecule has 1 heterocycles. The molecule has 0 radical (unpaired) electrons. The number of benzene rings is 1. The first-order valence-electron chi connectivity index (χ1n) is 8.77. The zero-order chi connectivity index (χ0) is 18.4. The van der Waals surface area contributed by atoms with Gasteiger partial charge in [-0.15, -0.1) is 0 Å². The Kier molecular flexibility index (Phi) is 6.96. The molecule has 138 valence electrons. The third kappa shape index (κ3) is 5.02. The molecule has 0 spiro atoms. The molecule has 0 aliphatic carbocycles. The number of sulfonamides is 1. The van der Waals surface area contributed by atoms with Crippen LogP contribution >= 0.6 is 0 Å². The van der Waals surface area contributed by atoms with E-state index in [4.69, 9.17) is 5.26 Å². The predicted molar refractivity (Wildman–Crippen MR) is 98.7 cm³/mol. The van der Waals surface area contributed by atoms with Crippen molar-refractivity contribution in [2.24, 2.45) is 0 Å². The molecular formula is C18H28N4O2S. The largest absolute Gasteiger partial charge is 0.308 e. The Morgan fingerprint density at radius 1 is 1.24 bits per heavy atom. The van der Waals surface area contributed by atoms with Gasteiger partial charge in [0, 0.05) is 25.7 Å². The van der Waals surface area contributed by atoms with Crippen molar-refractivity contribution in [1.29, 1.82) is 5.26 Å². The Morgan fingerprint density at radius 3 is 2.48 bits per heavy atom. The predicted octanol–water partition coefficient (Wildman–Crippen LogP) is 1.59. The second kappa shape index (κ2) is 8.77. The highest BCUT2D eigenvalue weighted by molar-refractivity contribution is 7.89. The van der Waals surface area contributed by atoms with Crippen molar-refractivity contribution in [2.75, 3.05) is 46.8 Å². The summed E-state index contributed by atoms with van der Waals surface area (Å²) >= 11 is 0. The fourth-order valence-corrected chi connectivity index (χ4v) is 4.69. The fraction of sp³-hybridized carbons (Fsp3) is 0.611. The van der Waals surface area contributed by atoms with Crippen LogP contribution in [0.15, 0.2) is 29.2 Å². The normalized spacial score (nSPS) is 18.8. The summed E-state index contributed by atoms with van der Waals surface area (Å²) in [5.74, 6) is 0. The minimum Gasteiger partial charge on any atom is -0.308 e. The molecule has 0 bridgehead atoms. The van der Waals surface area contributed by atoms with Crippen molar-refractivity contribution in [3.63, 3.8) is 0 Å². The van der Waals surface area contributed by atoms with E-state index in [1.807, 2.05) is 25.1 Å². The van der Waals surface area contributed by atoms with Gasteiger partial charge >= 0.3 is 0 Å². The Hall–Kier alpha value is -1.46. The molecule has 2 rings (SSSR count). The molecule has 0 amide bonds. The van der Waals surface area contributed by atoms with Gasteiger partial charge in [0.2, 0.25) is 10.0 Å². The van der Waals surface area contributed by atoms with Gasteiger partial charge in [0.05, 0.1) is 16.5 Å². The van der Waals surface area contributed by atoms with Crippen LogP contribution < -0.4 is 0 Å². The lowest BCUT2D eigenvalue weighted by Gasteiger charge is -2.30. The summed E-state index contributed by atoms with van der Waals surface area (Å²) in [5.41, 5.74) is 0.465. The van der Waals surface area contributed by atoms with Crippen LogP contribution in [0.3, 0.4) is 0 Å². The SMILES string of the molecule is CCN1CCCC1CN(CCN(C)C)S(=O)(=O)c1ccc(C#N)cc1. The first kappa shape index (κ1) is 19.9. The quantitative estimate of drug-likeness (QED) is 0.701. The number of nitriles is 1.